The fourth-order valence-electron chi connectivity index (χ4n) is 1.44. The Kier molecular flexibility index (Phi) is 6.82. The average molecular weight is 171 g/mol. The van der Waals surface area contributed by atoms with Crippen molar-refractivity contribution in [3.8, 4) is 0 Å². The fraction of sp³-hybridized carbons (Fsp3) is 0.900. The Bertz CT molecular complexity index is 108. The standard InChI is InChI=1S/C10H19O2/c1-4-10(5-2)6-9(3)7-12-8-11/h9-10H,4-7H2,1-3H3. The van der Waals surface area contributed by atoms with Gasteiger partial charge in [0.15, 0.2) is 0 Å². The predicted molar refractivity (Wildman–Crippen MR) is 49.5 cm³/mol. The summed E-state index contributed by atoms with van der Waals surface area (Å²) in [5.74, 6) is 1.24. The zero-order valence-corrected chi connectivity index (χ0v) is 8.30. The molecule has 2 heteroatoms. The van der Waals surface area contributed by atoms with Crippen molar-refractivity contribution in [1.29, 1.82) is 0 Å². The molecule has 0 amide bonds. The molecule has 1 unspecified atom stereocenters. The van der Waals surface area contributed by atoms with E-state index in [4.69, 9.17) is 0 Å². The number of hydrogen-bond acceptors (Lipinski definition) is 2. The molecule has 0 N–H and O–H groups in total. The van der Waals surface area contributed by atoms with E-state index in [-0.39, 0.29) is 0 Å². The van der Waals surface area contributed by atoms with Gasteiger partial charge in [-0.2, -0.15) is 0 Å². The summed E-state index contributed by atoms with van der Waals surface area (Å²) in [5.41, 5.74) is 0. The quantitative estimate of drug-likeness (QED) is 0.588. The van der Waals surface area contributed by atoms with Crippen LogP contribution in [-0.2, 0) is 9.53 Å². The summed E-state index contributed by atoms with van der Waals surface area (Å²) in [7, 11) is 0. The van der Waals surface area contributed by atoms with E-state index in [0.717, 1.165) is 12.3 Å². The van der Waals surface area contributed by atoms with E-state index in [1.165, 1.54) is 19.3 Å². The molecule has 0 aliphatic rings. The highest BCUT2D eigenvalue weighted by atomic mass is 16.5. The molecule has 0 saturated carbocycles. The summed E-state index contributed by atoms with van der Waals surface area (Å²) in [6.45, 7) is 8.48. The molecule has 12 heavy (non-hydrogen) atoms. The van der Waals surface area contributed by atoms with Gasteiger partial charge < -0.3 is 4.74 Å². The molecular weight excluding hydrogens is 152 g/mol. The highest BCUT2D eigenvalue weighted by Crippen LogP contribution is 2.18. The van der Waals surface area contributed by atoms with Crippen molar-refractivity contribution in [2.75, 3.05) is 6.61 Å². The van der Waals surface area contributed by atoms with Gasteiger partial charge in [-0.25, -0.2) is 4.79 Å². The number of carbonyl (C=O) groups excluding carboxylic acids is 1. The maximum atomic E-state index is 9.79. The maximum Gasteiger partial charge on any atom is 0.417 e. The van der Waals surface area contributed by atoms with E-state index in [2.05, 4.69) is 25.5 Å². The summed E-state index contributed by atoms with van der Waals surface area (Å²) >= 11 is 0. The third-order valence-electron chi connectivity index (χ3n) is 2.32. The monoisotopic (exact) mass is 171 g/mol. The molecule has 0 fully saturated rings. The van der Waals surface area contributed by atoms with Gasteiger partial charge in [-0.15, -0.1) is 0 Å². The molecule has 0 spiro atoms. The Morgan fingerprint density at radius 1 is 1.33 bits per heavy atom. The largest absolute Gasteiger partial charge is 0.457 e. The van der Waals surface area contributed by atoms with Crippen molar-refractivity contribution in [2.24, 2.45) is 11.8 Å². The van der Waals surface area contributed by atoms with Crippen molar-refractivity contribution in [3.05, 3.63) is 0 Å². The van der Waals surface area contributed by atoms with Crippen LogP contribution < -0.4 is 0 Å². The first-order valence-electron chi connectivity index (χ1n) is 4.73. The summed E-state index contributed by atoms with van der Waals surface area (Å²) in [6.07, 6.45) is 3.58. The first kappa shape index (κ1) is 11.5. The van der Waals surface area contributed by atoms with Crippen molar-refractivity contribution in [1.82, 2.24) is 0 Å². The second kappa shape index (κ2) is 7.14. The Balaban J connectivity index is 3.50. The van der Waals surface area contributed by atoms with Gasteiger partial charge >= 0.3 is 6.47 Å². The van der Waals surface area contributed by atoms with Crippen LogP contribution in [0.2, 0.25) is 0 Å². The van der Waals surface area contributed by atoms with Crippen LogP contribution >= 0.6 is 0 Å². The Hall–Kier alpha value is -0.530. The maximum absolute atomic E-state index is 9.79. The third kappa shape index (κ3) is 5.16. The van der Waals surface area contributed by atoms with Gasteiger partial charge in [-0.1, -0.05) is 33.6 Å². The zero-order valence-electron chi connectivity index (χ0n) is 8.30. The molecule has 0 heterocycles. The van der Waals surface area contributed by atoms with E-state index in [1.807, 2.05) is 0 Å². The first-order valence-corrected chi connectivity index (χ1v) is 4.73. The van der Waals surface area contributed by atoms with Gasteiger partial charge in [0.1, 0.15) is 0 Å². The van der Waals surface area contributed by atoms with Crippen LogP contribution in [0.4, 0.5) is 0 Å². The van der Waals surface area contributed by atoms with Gasteiger partial charge in [-0.05, 0) is 18.3 Å². The average Bonchev–Trinajstić information content (AvgIpc) is 2.10. The van der Waals surface area contributed by atoms with Crippen LogP contribution in [0.5, 0.6) is 0 Å². The van der Waals surface area contributed by atoms with Crippen LogP contribution in [0.15, 0.2) is 0 Å². The van der Waals surface area contributed by atoms with Crippen molar-refractivity contribution >= 4 is 6.47 Å². The smallest absolute Gasteiger partial charge is 0.417 e. The van der Waals surface area contributed by atoms with Gasteiger partial charge in [0, 0.05) is 0 Å². The van der Waals surface area contributed by atoms with Crippen molar-refractivity contribution in [3.63, 3.8) is 0 Å². The van der Waals surface area contributed by atoms with E-state index >= 15 is 0 Å². The fourth-order valence-corrected chi connectivity index (χ4v) is 1.44. The van der Waals surface area contributed by atoms with Crippen molar-refractivity contribution in [2.45, 2.75) is 40.0 Å². The molecule has 2 nitrogen and oxygen atoms in total. The molecule has 0 aromatic heterocycles. The molecule has 0 aliphatic carbocycles. The lowest BCUT2D eigenvalue weighted by atomic mass is 9.92. The zero-order chi connectivity index (χ0) is 9.40. The SMILES string of the molecule is CCC(CC)CC(C)CO[C]=O. The Labute approximate surface area is 75.3 Å². The highest BCUT2D eigenvalue weighted by molar-refractivity contribution is 5.38. The van der Waals surface area contributed by atoms with E-state index in [1.54, 1.807) is 0 Å². The molecule has 0 aromatic rings. The minimum Gasteiger partial charge on any atom is -0.457 e. The highest BCUT2D eigenvalue weighted by Gasteiger charge is 2.09. The second-order valence-corrected chi connectivity index (χ2v) is 3.42. The molecule has 0 rings (SSSR count). The van der Waals surface area contributed by atoms with Gasteiger partial charge in [0.25, 0.3) is 0 Å². The van der Waals surface area contributed by atoms with Gasteiger partial charge in [0.05, 0.1) is 6.61 Å². The minimum atomic E-state index is 0.469. The summed E-state index contributed by atoms with van der Waals surface area (Å²) in [5, 5.41) is 0. The van der Waals surface area contributed by atoms with E-state index in [9.17, 15) is 4.79 Å². The van der Waals surface area contributed by atoms with E-state index in [0.29, 0.717) is 12.5 Å². The third-order valence-corrected chi connectivity index (χ3v) is 2.32. The number of hydrogen-bond donors (Lipinski definition) is 0. The Morgan fingerprint density at radius 3 is 2.33 bits per heavy atom. The topological polar surface area (TPSA) is 26.3 Å². The predicted octanol–water partition coefficient (Wildman–Crippen LogP) is 2.53. The minimum absolute atomic E-state index is 0.469. The Morgan fingerprint density at radius 2 is 1.92 bits per heavy atom. The summed E-state index contributed by atoms with van der Waals surface area (Å²) < 4.78 is 4.58. The van der Waals surface area contributed by atoms with Crippen LogP contribution in [0.1, 0.15) is 40.0 Å². The number of ether oxygens (including phenoxy) is 1. The van der Waals surface area contributed by atoms with E-state index < -0.39 is 0 Å². The normalized spacial score (nSPS) is 13.0. The molecule has 1 radical (unpaired) electrons. The molecule has 0 aliphatic heterocycles. The second-order valence-electron chi connectivity index (χ2n) is 3.42. The number of rotatable bonds is 7. The molecular formula is C10H19O2. The molecule has 0 saturated heterocycles. The lowest BCUT2D eigenvalue weighted by Crippen LogP contribution is -2.10. The van der Waals surface area contributed by atoms with Crippen LogP contribution in [0.25, 0.3) is 0 Å². The molecule has 0 aromatic carbocycles. The van der Waals surface area contributed by atoms with Gasteiger partial charge in [-0.3, -0.25) is 0 Å². The molecule has 1 atom stereocenters. The first-order chi connectivity index (χ1) is 5.74. The molecule has 0 bridgehead atoms. The lowest BCUT2D eigenvalue weighted by Gasteiger charge is -2.16. The summed E-state index contributed by atoms with van der Waals surface area (Å²) in [4.78, 5) is 9.79. The molecule has 71 valence electrons. The van der Waals surface area contributed by atoms with Gasteiger partial charge in [0.2, 0.25) is 0 Å². The lowest BCUT2D eigenvalue weighted by molar-refractivity contribution is 0.207. The van der Waals surface area contributed by atoms with Crippen LogP contribution in [0.3, 0.4) is 0 Å². The van der Waals surface area contributed by atoms with Crippen LogP contribution in [-0.4, -0.2) is 13.1 Å². The summed E-state index contributed by atoms with van der Waals surface area (Å²) in [6, 6.07) is 0. The van der Waals surface area contributed by atoms with Crippen molar-refractivity contribution < 1.29 is 9.53 Å². The van der Waals surface area contributed by atoms with Crippen LogP contribution in [0, 0.1) is 11.8 Å².